The molecule has 1 saturated heterocycles. The van der Waals surface area contributed by atoms with Gasteiger partial charge in [-0.3, -0.25) is 4.79 Å². The zero-order valence-corrected chi connectivity index (χ0v) is 16.7. The number of rotatable bonds is 9. The van der Waals surface area contributed by atoms with Crippen molar-refractivity contribution in [3.63, 3.8) is 0 Å². The van der Waals surface area contributed by atoms with Crippen LogP contribution in [0.15, 0.2) is 29.2 Å². The number of carboxylic acid groups (broad SMARTS) is 1. The minimum atomic E-state index is -3.43. The summed E-state index contributed by atoms with van der Waals surface area (Å²) in [6.45, 7) is 4.93. The van der Waals surface area contributed by atoms with Crippen LogP contribution in [0, 0.1) is 5.92 Å². The molecule has 2 rings (SSSR count). The summed E-state index contributed by atoms with van der Waals surface area (Å²) in [4.78, 5) is 23.5. The zero-order chi connectivity index (χ0) is 20.0. The van der Waals surface area contributed by atoms with Gasteiger partial charge >= 0.3 is 5.97 Å². The summed E-state index contributed by atoms with van der Waals surface area (Å²) in [5.74, 6) is -1.19. The van der Waals surface area contributed by atoms with E-state index in [1.807, 2.05) is 13.8 Å². The fraction of sp³-hybridized carbons (Fsp3) is 0.579. The molecule has 1 fully saturated rings. The molecule has 1 aliphatic rings. The molecule has 2 N–H and O–H groups in total. The highest BCUT2D eigenvalue weighted by Crippen LogP contribution is 2.21. The highest BCUT2D eigenvalue weighted by atomic mass is 32.2. The number of amides is 1. The third-order valence-electron chi connectivity index (χ3n) is 4.61. The van der Waals surface area contributed by atoms with Crippen LogP contribution in [0.4, 0.5) is 0 Å². The molecule has 8 heteroatoms. The second kappa shape index (κ2) is 9.32. The maximum absolute atomic E-state index is 12.5. The first-order valence-corrected chi connectivity index (χ1v) is 10.8. The summed E-state index contributed by atoms with van der Waals surface area (Å²) in [7, 11) is -3.43. The molecular formula is C19H28N2O5S. The summed E-state index contributed by atoms with van der Waals surface area (Å²) < 4.78 is 26.5. The summed E-state index contributed by atoms with van der Waals surface area (Å²) >= 11 is 0. The van der Waals surface area contributed by atoms with Crippen molar-refractivity contribution >= 4 is 21.9 Å². The number of aryl methyl sites for hydroxylation is 1. The van der Waals surface area contributed by atoms with Crippen molar-refractivity contribution in [2.24, 2.45) is 5.92 Å². The van der Waals surface area contributed by atoms with Crippen molar-refractivity contribution in [2.45, 2.75) is 56.9 Å². The normalized spacial score (nSPS) is 16.4. The number of sulfonamides is 1. The molecule has 0 saturated carbocycles. The van der Waals surface area contributed by atoms with E-state index in [9.17, 15) is 23.1 Å². The van der Waals surface area contributed by atoms with Gasteiger partial charge in [-0.1, -0.05) is 26.0 Å². The van der Waals surface area contributed by atoms with Gasteiger partial charge in [0.05, 0.1) is 4.90 Å². The molecule has 0 unspecified atom stereocenters. The largest absolute Gasteiger partial charge is 0.480 e. The van der Waals surface area contributed by atoms with Crippen LogP contribution < -0.4 is 5.32 Å². The van der Waals surface area contributed by atoms with Gasteiger partial charge in [0.25, 0.3) is 0 Å². The smallest absolute Gasteiger partial charge is 0.326 e. The second-order valence-corrected chi connectivity index (χ2v) is 9.28. The Kier molecular flexibility index (Phi) is 7.38. The van der Waals surface area contributed by atoms with Crippen LogP contribution in [0.1, 0.15) is 45.1 Å². The Labute approximate surface area is 160 Å². The van der Waals surface area contributed by atoms with Gasteiger partial charge in [-0.25, -0.2) is 13.2 Å². The Morgan fingerprint density at radius 1 is 1.15 bits per heavy atom. The Bertz CT molecular complexity index is 753. The van der Waals surface area contributed by atoms with E-state index in [0.29, 0.717) is 25.9 Å². The van der Waals surface area contributed by atoms with Gasteiger partial charge in [0.1, 0.15) is 6.04 Å². The minimum absolute atomic E-state index is 0.153. The molecule has 1 aliphatic heterocycles. The van der Waals surface area contributed by atoms with E-state index in [0.717, 1.165) is 18.4 Å². The summed E-state index contributed by atoms with van der Waals surface area (Å²) in [5.41, 5.74) is 0.834. The molecule has 150 valence electrons. The number of carbonyl (C=O) groups is 2. The molecule has 7 nitrogen and oxygen atoms in total. The van der Waals surface area contributed by atoms with Crippen LogP contribution in [-0.4, -0.2) is 48.8 Å². The molecule has 1 heterocycles. The lowest BCUT2D eigenvalue weighted by Gasteiger charge is -2.17. The molecule has 1 aromatic rings. The van der Waals surface area contributed by atoms with Crippen LogP contribution in [0.25, 0.3) is 0 Å². The molecule has 0 aliphatic carbocycles. The third kappa shape index (κ3) is 6.04. The molecule has 1 atom stereocenters. The molecule has 0 radical (unpaired) electrons. The fourth-order valence-electron chi connectivity index (χ4n) is 3.12. The number of hydrogen-bond acceptors (Lipinski definition) is 4. The average Bonchev–Trinajstić information content (AvgIpc) is 3.15. The molecular weight excluding hydrogens is 368 g/mol. The maximum Gasteiger partial charge on any atom is 0.326 e. The highest BCUT2D eigenvalue weighted by molar-refractivity contribution is 7.89. The lowest BCUT2D eigenvalue weighted by Crippen LogP contribution is -2.41. The van der Waals surface area contributed by atoms with Gasteiger partial charge in [0.15, 0.2) is 0 Å². The quantitative estimate of drug-likeness (QED) is 0.665. The average molecular weight is 397 g/mol. The molecule has 0 bridgehead atoms. The first kappa shape index (κ1) is 21.4. The molecule has 27 heavy (non-hydrogen) atoms. The Morgan fingerprint density at radius 3 is 2.26 bits per heavy atom. The van der Waals surface area contributed by atoms with Crippen LogP contribution in [0.2, 0.25) is 0 Å². The molecule has 1 amide bonds. The zero-order valence-electron chi connectivity index (χ0n) is 15.8. The van der Waals surface area contributed by atoms with Gasteiger partial charge in [-0.05, 0) is 49.3 Å². The lowest BCUT2D eigenvalue weighted by molar-refractivity contribution is -0.142. The topological polar surface area (TPSA) is 104 Å². The standard InChI is InChI=1S/C19H28N2O5S/c1-14(2)13-17(19(23)24)20-18(22)10-7-15-5-8-16(9-6-15)27(25,26)21-11-3-4-12-21/h5-6,8-9,14,17H,3-4,7,10-13H2,1-2H3,(H,20,22)(H,23,24)/t17-/m1/s1. The van der Waals surface area contributed by atoms with E-state index in [-0.39, 0.29) is 23.1 Å². The number of nitrogens with zero attached hydrogens (tertiary/aromatic N) is 1. The van der Waals surface area contributed by atoms with Gasteiger partial charge in [0, 0.05) is 19.5 Å². The van der Waals surface area contributed by atoms with Crippen LogP contribution in [0.5, 0.6) is 0 Å². The Morgan fingerprint density at radius 2 is 1.74 bits per heavy atom. The van der Waals surface area contributed by atoms with E-state index in [2.05, 4.69) is 5.32 Å². The van der Waals surface area contributed by atoms with E-state index in [1.165, 1.54) is 4.31 Å². The summed E-state index contributed by atoms with van der Waals surface area (Å²) in [6.07, 6.45) is 2.73. The Balaban J connectivity index is 1.91. The van der Waals surface area contributed by atoms with E-state index < -0.39 is 22.0 Å². The van der Waals surface area contributed by atoms with Crippen molar-refractivity contribution in [3.8, 4) is 0 Å². The summed E-state index contributed by atoms with van der Waals surface area (Å²) in [5, 5.41) is 11.7. The highest BCUT2D eigenvalue weighted by Gasteiger charge is 2.27. The predicted octanol–water partition coefficient (Wildman–Crippen LogP) is 2.02. The first-order chi connectivity index (χ1) is 12.7. The van der Waals surface area contributed by atoms with E-state index >= 15 is 0 Å². The van der Waals surface area contributed by atoms with Crippen molar-refractivity contribution in [1.29, 1.82) is 0 Å². The van der Waals surface area contributed by atoms with Crippen molar-refractivity contribution in [1.82, 2.24) is 9.62 Å². The minimum Gasteiger partial charge on any atom is -0.480 e. The van der Waals surface area contributed by atoms with Crippen molar-refractivity contribution in [2.75, 3.05) is 13.1 Å². The van der Waals surface area contributed by atoms with Gasteiger partial charge in [0.2, 0.25) is 15.9 Å². The number of carboxylic acids is 1. The predicted molar refractivity (Wildman–Crippen MR) is 102 cm³/mol. The van der Waals surface area contributed by atoms with Gasteiger partial charge in [-0.15, -0.1) is 0 Å². The van der Waals surface area contributed by atoms with Crippen LogP contribution in [-0.2, 0) is 26.0 Å². The SMILES string of the molecule is CC(C)C[C@@H](NC(=O)CCc1ccc(S(=O)(=O)N2CCCC2)cc1)C(=O)O. The van der Waals surface area contributed by atoms with E-state index in [1.54, 1.807) is 24.3 Å². The van der Waals surface area contributed by atoms with Gasteiger partial charge < -0.3 is 10.4 Å². The maximum atomic E-state index is 12.5. The van der Waals surface area contributed by atoms with Crippen molar-refractivity contribution in [3.05, 3.63) is 29.8 Å². The van der Waals surface area contributed by atoms with Crippen LogP contribution >= 0.6 is 0 Å². The number of aliphatic carboxylic acids is 1. The number of benzene rings is 1. The summed E-state index contributed by atoms with van der Waals surface area (Å²) in [6, 6.07) is 5.67. The number of hydrogen-bond donors (Lipinski definition) is 2. The van der Waals surface area contributed by atoms with E-state index in [4.69, 9.17) is 0 Å². The molecule has 1 aromatic carbocycles. The monoisotopic (exact) mass is 396 g/mol. The third-order valence-corrected chi connectivity index (χ3v) is 6.52. The molecule has 0 aromatic heterocycles. The number of carbonyl (C=O) groups excluding carboxylic acids is 1. The van der Waals surface area contributed by atoms with Crippen molar-refractivity contribution < 1.29 is 23.1 Å². The Hall–Kier alpha value is -1.93. The van der Waals surface area contributed by atoms with Gasteiger partial charge in [-0.2, -0.15) is 4.31 Å². The fourth-order valence-corrected chi connectivity index (χ4v) is 4.64. The first-order valence-electron chi connectivity index (χ1n) is 9.31. The second-order valence-electron chi connectivity index (χ2n) is 7.34. The lowest BCUT2D eigenvalue weighted by atomic mass is 10.0. The number of nitrogens with one attached hydrogen (secondary N) is 1. The molecule has 0 spiro atoms. The van der Waals surface area contributed by atoms with Crippen LogP contribution in [0.3, 0.4) is 0 Å².